The van der Waals surface area contributed by atoms with Crippen molar-refractivity contribution >= 4 is 5.91 Å². The fourth-order valence-corrected chi connectivity index (χ4v) is 3.77. The Labute approximate surface area is 168 Å². The van der Waals surface area contributed by atoms with E-state index in [1.165, 1.54) is 5.56 Å². The minimum Gasteiger partial charge on any atom is -0.487 e. The third-order valence-corrected chi connectivity index (χ3v) is 5.20. The highest BCUT2D eigenvalue weighted by Crippen LogP contribution is 2.40. The van der Waals surface area contributed by atoms with Gasteiger partial charge in [-0.1, -0.05) is 42.3 Å². The molecule has 0 aliphatic carbocycles. The van der Waals surface area contributed by atoms with Crippen LogP contribution in [0.5, 0.6) is 11.5 Å². The highest BCUT2D eigenvalue weighted by Gasteiger charge is 2.35. The van der Waals surface area contributed by atoms with Gasteiger partial charge < -0.3 is 14.8 Å². The summed E-state index contributed by atoms with van der Waals surface area (Å²) in [4.78, 5) is 13.1. The topological polar surface area (TPSA) is 47.6 Å². The van der Waals surface area contributed by atoms with Crippen LogP contribution in [0.25, 0.3) is 0 Å². The number of ether oxygens (including phenoxy) is 2. The molecular formula is C24H31NO3. The molecule has 150 valence electrons. The number of amides is 1. The number of carbonyl (C=O) groups is 1. The van der Waals surface area contributed by atoms with Crippen molar-refractivity contribution in [2.45, 2.75) is 72.1 Å². The lowest BCUT2D eigenvalue weighted by Crippen LogP contribution is -2.45. The van der Waals surface area contributed by atoms with Gasteiger partial charge in [0.15, 0.2) is 6.10 Å². The summed E-state index contributed by atoms with van der Waals surface area (Å²) in [5.74, 6) is 1.52. The molecular weight excluding hydrogens is 350 g/mol. The van der Waals surface area contributed by atoms with Gasteiger partial charge in [0.25, 0.3) is 5.91 Å². The maximum atomic E-state index is 13.1. The fraction of sp³-hybridized carbons (Fsp3) is 0.458. The Morgan fingerprint density at radius 1 is 1.18 bits per heavy atom. The van der Waals surface area contributed by atoms with Crippen LogP contribution in [0.4, 0.5) is 0 Å². The number of aryl methyl sites for hydroxylation is 3. The minimum atomic E-state index is -0.527. The maximum Gasteiger partial charge on any atom is 0.261 e. The van der Waals surface area contributed by atoms with Gasteiger partial charge in [-0.25, -0.2) is 0 Å². The Balaban J connectivity index is 1.79. The average molecular weight is 382 g/mol. The molecule has 2 aromatic carbocycles. The normalized spacial score (nSPS) is 18.6. The summed E-state index contributed by atoms with van der Waals surface area (Å²) in [7, 11) is 0. The van der Waals surface area contributed by atoms with Crippen LogP contribution < -0.4 is 14.8 Å². The number of hydrogen-bond acceptors (Lipinski definition) is 3. The van der Waals surface area contributed by atoms with Gasteiger partial charge in [-0.05, 0) is 58.7 Å². The monoisotopic (exact) mass is 381 g/mol. The number of benzene rings is 2. The van der Waals surface area contributed by atoms with Gasteiger partial charge in [-0.3, -0.25) is 4.79 Å². The smallest absolute Gasteiger partial charge is 0.261 e. The Hall–Kier alpha value is -2.49. The quantitative estimate of drug-likeness (QED) is 0.775. The van der Waals surface area contributed by atoms with Gasteiger partial charge in [-0.2, -0.15) is 0 Å². The lowest BCUT2D eigenvalue weighted by atomic mass is 9.88. The van der Waals surface area contributed by atoms with E-state index in [0.717, 1.165) is 34.6 Å². The second kappa shape index (κ2) is 7.86. The molecule has 0 saturated carbocycles. The summed E-state index contributed by atoms with van der Waals surface area (Å²) in [6.45, 7) is 12.2. The van der Waals surface area contributed by atoms with Crippen LogP contribution in [0, 0.1) is 20.8 Å². The van der Waals surface area contributed by atoms with Crippen molar-refractivity contribution in [2.24, 2.45) is 0 Å². The first-order valence-corrected chi connectivity index (χ1v) is 10.0. The summed E-state index contributed by atoms with van der Waals surface area (Å²) in [5.41, 5.74) is 4.07. The predicted octanol–water partition coefficient (Wildman–Crippen LogP) is 5.19. The molecule has 1 aliphatic rings. The summed E-state index contributed by atoms with van der Waals surface area (Å²) >= 11 is 0. The number of hydrogen-bond donors (Lipinski definition) is 1. The molecule has 4 heteroatoms. The van der Waals surface area contributed by atoms with Crippen LogP contribution in [0.1, 0.15) is 61.9 Å². The molecule has 4 nitrogen and oxygen atoms in total. The van der Waals surface area contributed by atoms with Crippen molar-refractivity contribution in [1.29, 1.82) is 0 Å². The zero-order valence-corrected chi connectivity index (χ0v) is 17.8. The molecule has 0 aromatic heterocycles. The van der Waals surface area contributed by atoms with Crippen molar-refractivity contribution in [1.82, 2.24) is 5.32 Å². The highest BCUT2D eigenvalue weighted by atomic mass is 16.5. The number of rotatable bonds is 5. The van der Waals surface area contributed by atoms with Crippen LogP contribution in [0.15, 0.2) is 36.4 Å². The van der Waals surface area contributed by atoms with E-state index in [0.29, 0.717) is 6.42 Å². The van der Waals surface area contributed by atoms with Gasteiger partial charge in [0.1, 0.15) is 17.1 Å². The molecule has 0 fully saturated rings. The second-order valence-corrected chi connectivity index (χ2v) is 8.45. The Morgan fingerprint density at radius 3 is 2.54 bits per heavy atom. The van der Waals surface area contributed by atoms with Crippen molar-refractivity contribution in [3.8, 4) is 11.5 Å². The molecule has 28 heavy (non-hydrogen) atoms. The Morgan fingerprint density at radius 2 is 1.86 bits per heavy atom. The molecule has 0 spiro atoms. The molecule has 3 rings (SSSR count). The summed E-state index contributed by atoms with van der Waals surface area (Å²) in [6.07, 6.45) is 0.794. The van der Waals surface area contributed by atoms with Crippen molar-refractivity contribution < 1.29 is 14.3 Å². The van der Waals surface area contributed by atoms with E-state index in [1.54, 1.807) is 0 Å². The molecule has 0 saturated heterocycles. The van der Waals surface area contributed by atoms with Crippen LogP contribution in [0.2, 0.25) is 0 Å². The van der Waals surface area contributed by atoms with Crippen LogP contribution in [-0.2, 0) is 4.79 Å². The van der Waals surface area contributed by atoms with E-state index in [9.17, 15) is 4.79 Å². The minimum absolute atomic E-state index is 0.0855. The van der Waals surface area contributed by atoms with Gasteiger partial charge >= 0.3 is 0 Å². The molecule has 1 N–H and O–H groups in total. The fourth-order valence-electron chi connectivity index (χ4n) is 3.77. The number of nitrogens with one attached hydrogen (secondary N) is 1. The summed E-state index contributed by atoms with van der Waals surface area (Å²) < 4.78 is 12.2. The van der Waals surface area contributed by atoms with Gasteiger partial charge in [0, 0.05) is 12.0 Å². The van der Waals surface area contributed by atoms with Crippen LogP contribution >= 0.6 is 0 Å². The lowest BCUT2D eigenvalue weighted by molar-refractivity contribution is -0.129. The molecule has 0 radical (unpaired) electrons. The Bertz CT molecular complexity index is 872. The molecule has 1 amide bonds. The van der Waals surface area contributed by atoms with E-state index >= 15 is 0 Å². The first kappa shape index (κ1) is 20.2. The third kappa shape index (κ3) is 4.49. The van der Waals surface area contributed by atoms with Crippen LogP contribution in [-0.4, -0.2) is 17.6 Å². The largest absolute Gasteiger partial charge is 0.487 e. The van der Waals surface area contributed by atoms with Crippen molar-refractivity contribution in [2.75, 3.05) is 0 Å². The SMILES string of the molecule is CC[C@H](Oc1ccc(C)cc1C)C(=O)N[C@@H]1CC(C)(C)Oc2ccc(C)cc21. The first-order valence-electron chi connectivity index (χ1n) is 10.0. The molecule has 2 aromatic rings. The van der Waals surface area contributed by atoms with E-state index in [2.05, 4.69) is 38.2 Å². The standard InChI is InChI=1S/C24H31NO3/c1-7-20(27-21-10-8-15(2)12-17(21)4)23(26)25-19-14-24(5,6)28-22-11-9-16(3)13-18(19)22/h8-13,19-20H,7,14H2,1-6H3,(H,25,26)/t19-,20+/m1/s1. The molecule has 1 heterocycles. The van der Waals surface area contributed by atoms with Gasteiger partial charge in [0.2, 0.25) is 0 Å². The number of carbonyl (C=O) groups excluding carboxylic acids is 1. The van der Waals surface area contributed by atoms with Crippen molar-refractivity contribution in [3.05, 3.63) is 58.7 Å². The van der Waals surface area contributed by atoms with Gasteiger partial charge in [0.05, 0.1) is 6.04 Å². The van der Waals surface area contributed by atoms with E-state index < -0.39 is 6.10 Å². The predicted molar refractivity (Wildman–Crippen MR) is 112 cm³/mol. The average Bonchev–Trinajstić information content (AvgIpc) is 2.61. The zero-order valence-electron chi connectivity index (χ0n) is 17.8. The van der Waals surface area contributed by atoms with Crippen LogP contribution in [0.3, 0.4) is 0 Å². The van der Waals surface area contributed by atoms with E-state index in [1.807, 2.05) is 45.0 Å². The van der Waals surface area contributed by atoms with E-state index in [4.69, 9.17) is 9.47 Å². The number of fused-ring (bicyclic) bond motifs is 1. The summed E-state index contributed by atoms with van der Waals surface area (Å²) in [6, 6.07) is 12.1. The molecule has 0 bridgehead atoms. The Kier molecular flexibility index (Phi) is 5.69. The molecule has 0 unspecified atom stereocenters. The summed E-state index contributed by atoms with van der Waals surface area (Å²) in [5, 5.41) is 3.22. The van der Waals surface area contributed by atoms with E-state index in [-0.39, 0.29) is 17.6 Å². The third-order valence-electron chi connectivity index (χ3n) is 5.20. The molecule has 1 aliphatic heterocycles. The van der Waals surface area contributed by atoms with Gasteiger partial charge in [-0.15, -0.1) is 0 Å². The first-order chi connectivity index (χ1) is 13.2. The maximum absolute atomic E-state index is 13.1. The highest BCUT2D eigenvalue weighted by molar-refractivity contribution is 5.81. The lowest BCUT2D eigenvalue weighted by Gasteiger charge is -2.38. The van der Waals surface area contributed by atoms with Crippen molar-refractivity contribution in [3.63, 3.8) is 0 Å². The molecule has 2 atom stereocenters. The second-order valence-electron chi connectivity index (χ2n) is 8.45. The zero-order chi connectivity index (χ0) is 20.5.